The van der Waals surface area contributed by atoms with E-state index in [4.69, 9.17) is 0 Å². The fraction of sp³-hybridized carbons (Fsp3) is 0.357. The normalized spacial score (nSPS) is 12.6. The third kappa shape index (κ3) is 3.68. The van der Waals surface area contributed by atoms with Crippen LogP contribution in [0.5, 0.6) is 0 Å². The van der Waals surface area contributed by atoms with Crippen molar-refractivity contribution in [2.24, 2.45) is 0 Å². The Morgan fingerprint density at radius 1 is 1.33 bits per heavy atom. The summed E-state index contributed by atoms with van der Waals surface area (Å²) in [6.07, 6.45) is 2.64. The second-order valence-corrected chi connectivity index (χ2v) is 4.44. The van der Waals surface area contributed by atoms with Gasteiger partial charge in [-0.25, -0.2) is 4.98 Å². The average Bonchev–Trinajstić information content (AvgIpc) is 2.81. The molecule has 18 heavy (non-hydrogen) atoms. The summed E-state index contributed by atoms with van der Waals surface area (Å²) < 4.78 is 0. The highest BCUT2D eigenvalue weighted by atomic mass is 16.3. The smallest absolute Gasteiger partial charge is 0.103 e. The van der Waals surface area contributed by atoms with Gasteiger partial charge in [0.2, 0.25) is 0 Å². The van der Waals surface area contributed by atoms with Gasteiger partial charge in [0.25, 0.3) is 0 Å². The highest BCUT2D eigenvalue weighted by molar-refractivity contribution is 5.16. The van der Waals surface area contributed by atoms with E-state index in [1.165, 1.54) is 5.56 Å². The van der Waals surface area contributed by atoms with Crippen molar-refractivity contribution < 1.29 is 5.11 Å². The largest absolute Gasteiger partial charge is 0.395 e. The second-order valence-electron chi connectivity index (χ2n) is 4.44. The number of aromatic amines is 1. The second kappa shape index (κ2) is 6.33. The van der Waals surface area contributed by atoms with Gasteiger partial charge in [-0.15, -0.1) is 0 Å². The number of rotatable bonds is 6. The molecule has 0 amide bonds. The predicted molar refractivity (Wildman–Crippen MR) is 71.2 cm³/mol. The van der Waals surface area contributed by atoms with Crippen LogP contribution in [0.2, 0.25) is 0 Å². The van der Waals surface area contributed by atoms with Crippen LogP contribution in [0.4, 0.5) is 0 Å². The number of aromatic nitrogens is 2. The number of benzene rings is 1. The highest BCUT2D eigenvalue weighted by Gasteiger charge is 2.08. The maximum Gasteiger partial charge on any atom is 0.103 e. The molecule has 3 N–H and O–H groups in total. The number of imidazole rings is 1. The molecule has 0 aliphatic carbocycles. The third-order valence-corrected chi connectivity index (χ3v) is 2.88. The molecule has 0 radical (unpaired) electrons. The third-order valence-electron chi connectivity index (χ3n) is 2.88. The SMILES string of the molecule is Cc1ncc(CNC(CO)Cc2ccccc2)[nH]1. The lowest BCUT2D eigenvalue weighted by atomic mass is 10.1. The molecule has 2 rings (SSSR count). The topological polar surface area (TPSA) is 60.9 Å². The van der Waals surface area contributed by atoms with Crippen LogP contribution in [0.1, 0.15) is 17.1 Å². The van der Waals surface area contributed by atoms with Crippen molar-refractivity contribution in [1.82, 2.24) is 15.3 Å². The molecular formula is C14H19N3O. The van der Waals surface area contributed by atoms with Crippen LogP contribution in [-0.4, -0.2) is 27.7 Å². The van der Waals surface area contributed by atoms with Gasteiger partial charge in [0.1, 0.15) is 5.82 Å². The standard InChI is InChI=1S/C14H19N3O/c1-11-15-8-14(17-11)9-16-13(10-18)7-12-5-3-2-4-6-12/h2-6,8,13,16,18H,7,9-10H2,1H3,(H,15,17). The van der Waals surface area contributed by atoms with Crippen LogP contribution in [-0.2, 0) is 13.0 Å². The van der Waals surface area contributed by atoms with Crippen molar-refractivity contribution in [2.45, 2.75) is 25.9 Å². The lowest BCUT2D eigenvalue weighted by Gasteiger charge is -2.15. The molecule has 0 spiro atoms. The molecule has 1 aromatic heterocycles. The molecule has 1 unspecified atom stereocenters. The van der Waals surface area contributed by atoms with Crippen molar-refractivity contribution in [3.8, 4) is 0 Å². The zero-order valence-corrected chi connectivity index (χ0v) is 10.6. The number of nitrogens with zero attached hydrogens (tertiary/aromatic N) is 1. The van der Waals surface area contributed by atoms with E-state index in [1.54, 1.807) is 0 Å². The first kappa shape index (κ1) is 12.8. The Bertz CT molecular complexity index is 467. The monoisotopic (exact) mass is 245 g/mol. The number of hydrogen-bond donors (Lipinski definition) is 3. The van der Waals surface area contributed by atoms with E-state index in [0.717, 1.165) is 17.9 Å². The molecule has 4 heteroatoms. The lowest BCUT2D eigenvalue weighted by Crippen LogP contribution is -2.34. The Balaban J connectivity index is 1.86. The molecule has 0 bridgehead atoms. The molecule has 96 valence electrons. The average molecular weight is 245 g/mol. The minimum Gasteiger partial charge on any atom is -0.395 e. The Morgan fingerprint density at radius 2 is 2.11 bits per heavy atom. The molecule has 0 aliphatic rings. The van der Waals surface area contributed by atoms with Crippen molar-refractivity contribution >= 4 is 0 Å². The molecule has 0 aliphatic heterocycles. The molecular weight excluding hydrogens is 226 g/mol. The van der Waals surface area contributed by atoms with Crippen molar-refractivity contribution in [3.05, 3.63) is 53.6 Å². The first-order chi connectivity index (χ1) is 8.78. The van der Waals surface area contributed by atoms with Crippen molar-refractivity contribution in [2.75, 3.05) is 6.61 Å². The molecule has 1 atom stereocenters. The quantitative estimate of drug-likeness (QED) is 0.721. The van der Waals surface area contributed by atoms with E-state index in [0.29, 0.717) is 6.54 Å². The first-order valence-corrected chi connectivity index (χ1v) is 6.16. The molecule has 4 nitrogen and oxygen atoms in total. The van der Waals surface area contributed by atoms with Gasteiger partial charge in [0.15, 0.2) is 0 Å². The van der Waals surface area contributed by atoms with E-state index in [1.807, 2.05) is 31.3 Å². The van der Waals surface area contributed by atoms with Gasteiger partial charge in [0, 0.05) is 24.5 Å². The molecule has 0 fully saturated rings. The number of nitrogens with one attached hydrogen (secondary N) is 2. The predicted octanol–water partition coefficient (Wildman–Crippen LogP) is 1.41. The Morgan fingerprint density at radius 3 is 2.72 bits per heavy atom. The number of aliphatic hydroxyl groups excluding tert-OH is 1. The summed E-state index contributed by atoms with van der Waals surface area (Å²) in [6.45, 7) is 2.75. The molecule has 1 heterocycles. The van der Waals surface area contributed by atoms with E-state index >= 15 is 0 Å². The molecule has 2 aromatic rings. The molecule has 1 aromatic carbocycles. The summed E-state index contributed by atoms with van der Waals surface area (Å²) in [5.41, 5.74) is 2.27. The van der Waals surface area contributed by atoms with Crippen LogP contribution in [0.15, 0.2) is 36.5 Å². The van der Waals surface area contributed by atoms with E-state index in [9.17, 15) is 5.11 Å². The van der Waals surface area contributed by atoms with Crippen LogP contribution < -0.4 is 5.32 Å². The zero-order valence-electron chi connectivity index (χ0n) is 10.6. The maximum absolute atomic E-state index is 9.38. The maximum atomic E-state index is 9.38. The Hall–Kier alpha value is -1.65. The van der Waals surface area contributed by atoms with Crippen LogP contribution in [0, 0.1) is 6.92 Å². The number of H-pyrrole nitrogens is 1. The van der Waals surface area contributed by atoms with Gasteiger partial charge in [-0.3, -0.25) is 0 Å². The number of aryl methyl sites for hydroxylation is 1. The number of aliphatic hydroxyl groups is 1. The molecule has 0 saturated carbocycles. The fourth-order valence-electron chi connectivity index (χ4n) is 1.92. The fourth-order valence-corrected chi connectivity index (χ4v) is 1.92. The summed E-state index contributed by atoms with van der Waals surface area (Å²) in [5, 5.41) is 12.7. The summed E-state index contributed by atoms with van der Waals surface area (Å²) in [7, 11) is 0. The van der Waals surface area contributed by atoms with Gasteiger partial charge >= 0.3 is 0 Å². The highest BCUT2D eigenvalue weighted by Crippen LogP contribution is 2.04. The first-order valence-electron chi connectivity index (χ1n) is 6.16. The Labute approximate surface area is 107 Å². The van der Waals surface area contributed by atoms with E-state index in [2.05, 4.69) is 27.4 Å². The van der Waals surface area contributed by atoms with Gasteiger partial charge < -0.3 is 15.4 Å². The molecule has 0 saturated heterocycles. The Kier molecular flexibility index (Phi) is 4.50. The van der Waals surface area contributed by atoms with Crippen molar-refractivity contribution in [1.29, 1.82) is 0 Å². The van der Waals surface area contributed by atoms with Crippen LogP contribution in [0.3, 0.4) is 0 Å². The lowest BCUT2D eigenvalue weighted by molar-refractivity contribution is 0.240. The van der Waals surface area contributed by atoms with Crippen LogP contribution in [0.25, 0.3) is 0 Å². The summed E-state index contributed by atoms with van der Waals surface area (Å²) in [4.78, 5) is 7.31. The van der Waals surface area contributed by atoms with Crippen molar-refractivity contribution in [3.63, 3.8) is 0 Å². The van der Waals surface area contributed by atoms with Gasteiger partial charge in [-0.05, 0) is 18.9 Å². The van der Waals surface area contributed by atoms with E-state index in [-0.39, 0.29) is 12.6 Å². The van der Waals surface area contributed by atoms with E-state index < -0.39 is 0 Å². The minimum absolute atomic E-state index is 0.0657. The summed E-state index contributed by atoms with van der Waals surface area (Å²) in [5.74, 6) is 0.912. The number of hydrogen-bond acceptors (Lipinski definition) is 3. The van der Waals surface area contributed by atoms with Gasteiger partial charge in [-0.2, -0.15) is 0 Å². The van der Waals surface area contributed by atoms with Gasteiger partial charge in [0.05, 0.1) is 6.61 Å². The zero-order chi connectivity index (χ0) is 12.8. The summed E-state index contributed by atoms with van der Waals surface area (Å²) >= 11 is 0. The minimum atomic E-state index is 0.0657. The van der Waals surface area contributed by atoms with Gasteiger partial charge in [-0.1, -0.05) is 30.3 Å². The van der Waals surface area contributed by atoms with Crippen LogP contribution >= 0.6 is 0 Å². The summed E-state index contributed by atoms with van der Waals surface area (Å²) in [6, 6.07) is 10.2.